The Kier molecular flexibility index (Phi) is 54.0. The normalized spacial score (nSPS) is 5.00. The molecule has 0 aliphatic carbocycles. The van der Waals surface area contributed by atoms with Crippen molar-refractivity contribution in [1.82, 2.24) is 0 Å². The van der Waals surface area contributed by atoms with Gasteiger partial charge in [-0.2, -0.15) is 0 Å². The van der Waals surface area contributed by atoms with Crippen LogP contribution in [-0.2, 0) is 11.4 Å². The summed E-state index contributed by atoms with van der Waals surface area (Å²) in [6.07, 6.45) is 0. The summed E-state index contributed by atoms with van der Waals surface area (Å²) in [5.74, 6) is 0. The Morgan fingerprint density at radius 3 is 1.29 bits per heavy atom. The Morgan fingerprint density at radius 2 is 1.29 bits per heavy atom. The molecule has 0 saturated heterocycles. The predicted molar refractivity (Wildman–Crippen MR) is 24.0 cm³/mol. The molecular formula is H2CaEuO3SSr. The Bertz CT molecular complexity index is 37.9. The van der Waals surface area contributed by atoms with E-state index in [2.05, 4.69) is 0 Å². The van der Waals surface area contributed by atoms with Crippen molar-refractivity contribution < 1.29 is 62.7 Å². The first-order chi connectivity index (χ1) is 1.73. The summed E-state index contributed by atoms with van der Waals surface area (Å²) in [6, 6.07) is 0. The fourth-order valence-electron chi connectivity index (χ4n) is 0. The van der Waals surface area contributed by atoms with E-state index >= 15 is 0 Å². The van der Waals surface area contributed by atoms with Crippen LogP contribution in [0.5, 0.6) is 0 Å². The molecule has 0 unspecified atom stereocenters. The molecule has 0 aromatic heterocycles. The zero-order valence-corrected chi connectivity index (χ0v) is 8.17. The second-order valence-electron chi connectivity index (χ2n) is 0.204. The van der Waals surface area contributed by atoms with Crippen LogP contribution in [0.3, 0.4) is 0 Å². The third-order valence-corrected chi connectivity index (χ3v) is 0. The zero-order valence-electron chi connectivity index (χ0n) is 2.72. The maximum absolute atomic E-state index is 8.44. The van der Waals surface area contributed by atoms with Crippen LogP contribution in [0.2, 0.25) is 0 Å². The number of hydrogen-bond donors (Lipinski definition) is 0. The quantitative estimate of drug-likeness (QED) is 0.360. The van der Waals surface area contributed by atoms with E-state index in [1.54, 1.807) is 0 Å². The van der Waals surface area contributed by atoms with E-state index in [4.69, 9.17) is 13.3 Å². The molecule has 0 saturated carbocycles. The van der Waals surface area contributed by atoms with Gasteiger partial charge in [0.15, 0.2) is 0 Å². The Balaban J connectivity index is -0.0000000150. The molecule has 0 bridgehead atoms. The third-order valence-electron chi connectivity index (χ3n) is 0. The summed E-state index contributed by atoms with van der Waals surface area (Å²) in [7, 11) is 0. The second kappa shape index (κ2) is 16.8. The molecule has 0 N–H and O–H groups in total. The van der Waals surface area contributed by atoms with Crippen molar-refractivity contribution in [3.05, 3.63) is 0 Å². The Morgan fingerprint density at radius 1 is 1.29 bits per heavy atom. The SMILES string of the molecule is O=S([O-])[O-].[Ca+2].[Eu].[SrH2]. The zero-order chi connectivity index (χ0) is 3.58. The molecule has 0 aliphatic rings. The van der Waals surface area contributed by atoms with Gasteiger partial charge in [0, 0.05) is 49.4 Å². The van der Waals surface area contributed by atoms with Crippen molar-refractivity contribution in [1.29, 1.82) is 0 Å². The van der Waals surface area contributed by atoms with Gasteiger partial charge in [0.2, 0.25) is 0 Å². The summed E-state index contributed by atoms with van der Waals surface area (Å²) in [5.41, 5.74) is 0. The van der Waals surface area contributed by atoms with Gasteiger partial charge >= 0.3 is 83.2 Å². The summed E-state index contributed by atoms with van der Waals surface area (Å²) in [6.45, 7) is 0. The fraction of sp³-hybridized carbons (Fsp3) is 0. The molecule has 7 heavy (non-hydrogen) atoms. The van der Waals surface area contributed by atoms with Crippen LogP contribution in [0.4, 0.5) is 0 Å². The van der Waals surface area contributed by atoms with Crippen molar-refractivity contribution in [3.63, 3.8) is 0 Å². The molecule has 0 aliphatic heterocycles. The summed E-state index contributed by atoms with van der Waals surface area (Å²) < 4.78 is 25.3. The Hall–Kier alpha value is 4.39. The van der Waals surface area contributed by atoms with Gasteiger partial charge in [-0.25, -0.2) is 0 Å². The van der Waals surface area contributed by atoms with E-state index in [9.17, 15) is 0 Å². The molecule has 0 amide bonds. The van der Waals surface area contributed by atoms with Crippen LogP contribution in [0.15, 0.2) is 0 Å². The summed E-state index contributed by atoms with van der Waals surface area (Å²) in [4.78, 5) is 0. The average Bonchev–Trinajstić information content (AvgIpc) is 0.811. The van der Waals surface area contributed by atoms with Crippen LogP contribution >= 0.6 is 0 Å². The maximum atomic E-state index is 8.44. The van der Waals surface area contributed by atoms with Gasteiger partial charge in [-0.05, 0) is 0 Å². The summed E-state index contributed by atoms with van der Waals surface area (Å²) >= 11 is -3.11. The van der Waals surface area contributed by atoms with Crippen molar-refractivity contribution in [3.8, 4) is 0 Å². The van der Waals surface area contributed by atoms with Crippen LogP contribution in [0.25, 0.3) is 0 Å². The van der Waals surface area contributed by atoms with Crippen molar-refractivity contribution >= 4 is 94.6 Å². The van der Waals surface area contributed by atoms with E-state index in [0.29, 0.717) is 0 Å². The van der Waals surface area contributed by atoms with Gasteiger partial charge in [-0.15, -0.1) is 11.4 Å². The molecule has 0 heterocycles. The van der Waals surface area contributed by atoms with Gasteiger partial charge in [-0.1, -0.05) is 0 Å². The fourth-order valence-corrected chi connectivity index (χ4v) is 0. The van der Waals surface area contributed by atoms with E-state index in [1.165, 1.54) is 0 Å². The molecule has 7 heteroatoms. The molecular weight excluding hydrogens is 360 g/mol. The van der Waals surface area contributed by atoms with Gasteiger partial charge in [-0.3, -0.25) is 4.21 Å². The van der Waals surface area contributed by atoms with Crippen molar-refractivity contribution in [2.45, 2.75) is 0 Å². The van der Waals surface area contributed by atoms with Gasteiger partial charge < -0.3 is 9.11 Å². The first-order valence-corrected chi connectivity index (χ1v) is 1.50. The molecule has 1 radical (unpaired) electrons. The Labute approximate surface area is 152 Å². The predicted octanol–water partition coefficient (Wildman–Crippen LogP) is -2.30. The minimum absolute atomic E-state index is 0. The number of rotatable bonds is 0. The van der Waals surface area contributed by atoms with E-state index in [-0.39, 0.29) is 133 Å². The van der Waals surface area contributed by atoms with E-state index in [1.807, 2.05) is 0 Å². The molecule has 3 nitrogen and oxygen atoms in total. The second-order valence-corrected chi connectivity index (χ2v) is 0.612. The van der Waals surface area contributed by atoms with Crippen LogP contribution in [-0.4, -0.2) is 96.5 Å². The molecule has 0 spiro atoms. The molecule has 0 aromatic rings. The monoisotopic (exact) mass is 363 g/mol. The standard InChI is InChI=1S/Ca.Eu.H2O3S.Sr.2H/c;;1-4(2)3;;;/h;;(H2,1,2,3);;;/q+2;;;;;/p-2. The third kappa shape index (κ3) is 37.9. The van der Waals surface area contributed by atoms with E-state index < -0.39 is 11.4 Å². The van der Waals surface area contributed by atoms with E-state index in [0.717, 1.165) is 0 Å². The molecule has 0 atom stereocenters. The van der Waals surface area contributed by atoms with Crippen LogP contribution in [0, 0.1) is 49.4 Å². The molecule has 0 rings (SSSR count). The topological polar surface area (TPSA) is 63.2 Å². The van der Waals surface area contributed by atoms with Crippen molar-refractivity contribution in [2.75, 3.05) is 0 Å². The minimum atomic E-state index is -3.11. The average molecular weight is 362 g/mol. The number of hydrogen-bond acceptors (Lipinski definition) is 3. The first kappa shape index (κ1) is 22.5. The summed E-state index contributed by atoms with van der Waals surface area (Å²) in [5, 5.41) is 0. The first-order valence-electron chi connectivity index (χ1n) is 0.500. The van der Waals surface area contributed by atoms with Crippen molar-refractivity contribution in [2.24, 2.45) is 0 Å². The van der Waals surface area contributed by atoms with Gasteiger partial charge in [0.05, 0.1) is 0 Å². The molecule has 0 aromatic carbocycles. The van der Waals surface area contributed by atoms with Gasteiger partial charge in [0.25, 0.3) is 0 Å². The molecule has 0 fully saturated rings. The van der Waals surface area contributed by atoms with Crippen LogP contribution in [0.1, 0.15) is 0 Å². The van der Waals surface area contributed by atoms with Crippen LogP contribution < -0.4 is 0 Å². The molecule has 37 valence electrons. The van der Waals surface area contributed by atoms with Gasteiger partial charge in [0.1, 0.15) is 0 Å².